The molecule has 1 aromatic heterocycles. The molecule has 30 heavy (non-hydrogen) atoms. The lowest BCUT2D eigenvalue weighted by Crippen LogP contribution is -2.31. The number of aromatic nitrogens is 2. The molecule has 3 aromatic carbocycles. The summed E-state index contributed by atoms with van der Waals surface area (Å²) < 4.78 is 6.70. The molecule has 5 nitrogen and oxygen atoms in total. The molecule has 0 aliphatic rings. The first-order chi connectivity index (χ1) is 14.7. The van der Waals surface area contributed by atoms with Crippen LogP contribution in [-0.4, -0.2) is 21.9 Å². The average Bonchev–Trinajstić information content (AvgIpc) is 3.27. The number of benzene rings is 3. The lowest BCUT2D eigenvalue weighted by atomic mass is 10.2. The summed E-state index contributed by atoms with van der Waals surface area (Å²) >= 11 is 4.65. The number of hydrogen-bond donors (Lipinski definition) is 0. The number of anilines is 1. The number of carbonyl (C=O) groups excluding carboxylic acids is 1. The minimum absolute atomic E-state index is 0.0292. The van der Waals surface area contributed by atoms with Crippen LogP contribution in [0.4, 0.5) is 5.69 Å². The van der Waals surface area contributed by atoms with Crippen molar-refractivity contribution in [1.82, 2.24) is 10.2 Å². The van der Waals surface area contributed by atoms with Crippen LogP contribution in [0.5, 0.6) is 0 Å². The van der Waals surface area contributed by atoms with E-state index in [1.54, 1.807) is 4.90 Å². The molecule has 0 unspecified atom stereocenters. The Morgan fingerprint density at radius 2 is 1.57 bits per heavy atom. The van der Waals surface area contributed by atoms with Crippen molar-refractivity contribution >= 4 is 39.3 Å². The van der Waals surface area contributed by atoms with Crippen LogP contribution in [0.1, 0.15) is 5.56 Å². The van der Waals surface area contributed by atoms with Crippen molar-refractivity contribution in [3.63, 3.8) is 0 Å². The van der Waals surface area contributed by atoms with E-state index in [0.29, 0.717) is 17.7 Å². The van der Waals surface area contributed by atoms with Gasteiger partial charge in [0.1, 0.15) is 0 Å². The molecule has 7 heteroatoms. The Morgan fingerprint density at radius 1 is 0.900 bits per heavy atom. The number of rotatable bonds is 7. The highest BCUT2D eigenvalue weighted by molar-refractivity contribution is 9.10. The molecule has 0 saturated carbocycles. The van der Waals surface area contributed by atoms with E-state index in [-0.39, 0.29) is 11.7 Å². The van der Waals surface area contributed by atoms with Gasteiger partial charge in [-0.25, -0.2) is 0 Å². The van der Waals surface area contributed by atoms with E-state index in [1.165, 1.54) is 11.8 Å². The number of thioether (sulfide) groups is 1. The van der Waals surface area contributed by atoms with E-state index in [1.807, 2.05) is 84.9 Å². The molecule has 1 heterocycles. The minimum Gasteiger partial charge on any atom is -0.411 e. The maximum atomic E-state index is 13.0. The number of halogens is 1. The molecule has 0 spiro atoms. The molecule has 0 radical (unpaired) electrons. The molecule has 0 fully saturated rings. The van der Waals surface area contributed by atoms with Gasteiger partial charge in [0.15, 0.2) is 0 Å². The third kappa shape index (κ3) is 5.17. The van der Waals surface area contributed by atoms with E-state index in [2.05, 4.69) is 26.1 Å². The summed E-state index contributed by atoms with van der Waals surface area (Å²) in [5.74, 6) is 0.601. The van der Waals surface area contributed by atoms with Crippen LogP contribution in [0.3, 0.4) is 0 Å². The zero-order valence-electron chi connectivity index (χ0n) is 15.9. The Morgan fingerprint density at radius 3 is 2.27 bits per heavy atom. The molecule has 0 N–H and O–H groups in total. The highest BCUT2D eigenvalue weighted by Gasteiger charge is 2.18. The van der Waals surface area contributed by atoms with Gasteiger partial charge in [-0.05, 0) is 42.0 Å². The van der Waals surface area contributed by atoms with Gasteiger partial charge < -0.3 is 9.32 Å². The normalized spacial score (nSPS) is 10.7. The number of hydrogen-bond acceptors (Lipinski definition) is 5. The maximum Gasteiger partial charge on any atom is 0.277 e. The van der Waals surface area contributed by atoms with Crippen molar-refractivity contribution in [2.45, 2.75) is 11.8 Å². The minimum atomic E-state index is -0.0292. The van der Waals surface area contributed by atoms with Crippen LogP contribution in [0.15, 0.2) is 99.0 Å². The van der Waals surface area contributed by atoms with Crippen molar-refractivity contribution in [3.8, 4) is 11.5 Å². The first kappa shape index (κ1) is 20.4. The van der Waals surface area contributed by atoms with Gasteiger partial charge in [-0.3, -0.25) is 4.79 Å². The Hall–Kier alpha value is -2.90. The van der Waals surface area contributed by atoms with Crippen LogP contribution >= 0.6 is 27.7 Å². The molecular formula is C23H18BrN3O2S. The maximum absolute atomic E-state index is 13.0. The third-order valence-corrected chi connectivity index (χ3v) is 5.70. The lowest BCUT2D eigenvalue weighted by Gasteiger charge is -2.22. The summed E-state index contributed by atoms with van der Waals surface area (Å²) in [6.07, 6.45) is 0. The number of amides is 1. The second-order valence-electron chi connectivity index (χ2n) is 6.47. The van der Waals surface area contributed by atoms with Crippen molar-refractivity contribution in [2.75, 3.05) is 10.7 Å². The molecule has 0 aliphatic heterocycles. The second-order valence-corrected chi connectivity index (χ2v) is 8.31. The fraction of sp³-hybridized carbons (Fsp3) is 0.0870. The van der Waals surface area contributed by atoms with Gasteiger partial charge in [-0.2, -0.15) is 0 Å². The molecule has 0 atom stereocenters. The fourth-order valence-corrected chi connectivity index (χ4v) is 3.78. The topological polar surface area (TPSA) is 59.2 Å². The van der Waals surface area contributed by atoms with Crippen LogP contribution in [-0.2, 0) is 11.3 Å². The predicted molar refractivity (Wildman–Crippen MR) is 122 cm³/mol. The molecule has 1 amide bonds. The van der Waals surface area contributed by atoms with E-state index >= 15 is 0 Å². The molecule has 4 rings (SSSR count). The van der Waals surface area contributed by atoms with E-state index in [9.17, 15) is 4.79 Å². The monoisotopic (exact) mass is 479 g/mol. The Kier molecular flexibility index (Phi) is 6.61. The summed E-state index contributed by atoms with van der Waals surface area (Å²) in [6, 6.07) is 27.2. The molecule has 0 bridgehead atoms. The largest absolute Gasteiger partial charge is 0.411 e. The van der Waals surface area contributed by atoms with Gasteiger partial charge in [0.2, 0.25) is 11.8 Å². The summed E-state index contributed by atoms with van der Waals surface area (Å²) in [4.78, 5) is 14.8. The summed E-state index contributed by atoms with van der Waals surface area (Å²) in [5.41, 5.74) is 2.75. The van der Waals surface area contributed by atoms with Crippen molar-refractivity contribution in [2.24, 2.45) is 0 Å². The van der Waals surface area contributed by atoms with Crippen LogP contribution in [0, 0.1) is 0 Å². The Bertz CT molecular complexity index is 1100. The van der Waals surface area contributed by atoms with Gasteiger partial charge in [-0.1, -0.05) is 76.2 Å². The van der Waals surface area contributed by atoms with Gasteiger partial charge in [0.05, 0.1) is 12.3 Å². The number of para-hydroxylation sites is 1. The van der Waals surface area contributed by atoms with Gasteiger partial charge >= 0.3 is 0 Å². The van der Waals surface area contributed by atoms with E-state index in [0.717, 1.165) is 21.3 Å². The van der Waals surface area contributed by atoms with Gasteiger partial charge in [-0.15, -0.1) is 10.2 Å². The van der Waals surface area contributed by atoms with E-state index in [4.69, 9.17) is 4.42 Å². The van der Waals surface area contributed by atoms with Crippen LogP contribution < -0.4 is 4.90 Å². The van der Waals surface area contributed by atoms with Crippen molar-refractivity contribution in [1.29, 1.82) is 0 Å². The number of carbonyl (C=O) groups is 1. The highest BCUT2D eigenvalue weighted by Crippen LogP contribution is 2.26. The quantitative estimate of drug-likeness (QED) is 0.312. The fourth-order valence-electron chi connectivity index (χ4n) is 2.88. The molecule has 0 aliphatic carbocycles. The Balaban J connectivity index is 1.46. The summed E-state index contributed by atoms with van der Waals surface area (Å²) in [7, 11) is 0. The SMILES string of the molecule is O=C(CSc1nnc(-c2ccc(Br)cc2)o1)N(Cc1ccccc1)c1ccccc1. The average molecular weight is 480 g/mol. The second kappa shape index (κ2) is 9.73. The van der Waals surface area contributed by atoms with E-state index < -0.39 is 0 Å². The standard InChI is InChI=1S/C23H18BrN3O2S/c24-19-13-11-18(12-14-19)22-25-26-23(29-22)30-16-21(28)27(20-9-5-2-6-10-20)15-17-7-3-1-4-8-17/h1-14H,15-16H2. The zero-order chi connectivity index (χ0) is 20.8. The Labute approximate surface area is 187 Å². The molecule has 4 aromatic rings. The first-order valence-corrected chi connectivity index (χ1v) is 11.1. The molecular weight excluding hydrogens is 462 g/mol. The smallest absolute Gasteiger partial charge is 0.277 e. The van der Waals surface area contributed by atoms with Gasteiger partial charge in [0.25, 0.3) is 5.22 Å². The zero-order valence-corrected chi connectivity index (χ0v) is 18.3. The molecule has 150 valence electrons. The predicted octanol–water partition coefficient (Wildman–Crippen LogP) is 5.82. The third-order valence-electron chi connectivity index (χ3n) is 4.37. The van der Waals surface area contributed by atoms with Crippen molar-refractivity contribution < 1.29 is 9.21 Å². The highest BCUT2D eigenvalue weighted by atomic mass is 79.9. The molecule has 0 saturated heterocycles. The first-order valence-electron chi connectivity index (χ1n) is 9.30. The van der Waals surface area contributed by atoms with Crippen LogP contribution in [0.25, 0.3) is 11.5 Å². The number of nitrogens with zero attached hydrogens (tertiary/aromatic N) is 3. The van der Waals surface area contributed by atoms with Gasteiger partial charge in [0, 0.05) is 15.7 Å². The summed E-state index contributed by atoms with van der Waals surface area (Å²) in [6.45, 7) is 0.498. The summed E-state index contributed by atoms with van der Waals surface area (Å²) in [5, 5.41) is 8.52. The van der Waals surface area contributed by atoms with Crippen molar-refractivity contribution in [3.05, 3.63) is 95.0 Å². The van der Waals surface area contributed by atoms with Crippen LogP contribution in [0.2, 0.25) is 0 Å². The lowest BCUT2D eigenvalue weighted by molar-refractivity contribution is -0.116.